The molecule has 0 heterocycles. The molecule has 1 aromatic rings. The van der Waals surface area contributed by atoms with Crippen molar-refractivity contribution in [1.82, 2.24) is 0 Å². The average molecular weight is 319 g/mol. The molecule has 0 aliphatic carbocycles. The molecule has 3 nitrogen and oxygen atoms in total. The van der Waals surface area contributed by atoms with Crippen LogP contribution < -0.4 is 0 Å². The largest absolute Gasteiger partial charge is 0.469 e. The van der Waals surface area contributed by atoms with Crippen molar-refractivity contribution in [3.8, 4) is 0 Å². The Hall–Kier alpha value is -0.770. The first-order chi connectivity index (χ1) is 9.34. The summed E-state index contributed by atoms with van der Waals surface area (Å²) >= 11 is 12.0. The molecular weight excluding hydrogens is 299 g/mol. The van der Waals surface area contributed by atoms with E-state index in [4.69, 9.17) is 27.9 Å². The second-order valence-corrected chi connectivity index (χ2v) is 5.83. The number of aliphatic hydroxyl groups is 1. The highest BCUT2D eigenvalue weighted by molar-refractivity contribution is 6.35. The van der Waals surface area contributed by atoms with Gasteiger partial charge in [0.15, 0.2) is 0 Å². The van der Waals surface area contributed by atoms with Crippen LogP contribution >= 0.6 is 23.2 Å². The van der Waals surface area contributed by atoms with Crippen molar-refractivity contribution in [3.05, 3.63) is 33.8 Å². The van der Waals surface area contributed by atoms with Gasteiger partial charge in [-0.05, 0) is 25.5 Å². The minimum absolute atomic E-state index is 0.341. The average Bonchev–Trinajstić information content (AvgIpc) is 2.38. The van der Waals surface area contributed by atoms with Gasteiger partial charge < -0.3 is 9.84 Å². The first-order valence-corrected chi connectivity index (χ1v) is 7.35. The molecule has 0 bridgehead atoms. The fourth-order valence-electron chi connectivity index (χ4n) is 2.27. The van der Waals surface area contributed by atoms with Crippen molar-refractivity contribution in [2.24, 2.45) is 5.92 Å². The fraction of sp³-hybridized carbons (Fsp3) is 0.533. The van der Waals surface area contributed by atoms with E-state index in [2.05, 4.69) is 0 Å². The predicted octanol–water partition coefficient (Wildman–Crippen LogP) is 4.18. The molecule has 0 amide bonds. The highest BCUT2D eigenvalue weighted by Crippen LogP contribution is 2.38. The van der Waals surface area contributed by atoms with Crippen LogP contribution in [0.2, 0.25) is 10.0 Å². The zero-order valence-electron chi connectivity index (χ0n) is 12.0. The number of hydrogen-bond donors (Lipinski definition) is 1. The lowest BCUT2D eigenvalue weighted by molar-refractivity contribution is -0.156. The van der Waals surface area contributed by atoms with Crippen molar-refractivity contribution < 1.29 is 14.6 Å². The maximum absolute atomic E-state index is 12.0. The Labute approximate surface area is 129 Å². The van der Waals surface area contributed by atoms with Gasteiger partial charge in [-0.3, -0.25) is 4.79 Å². The van der Waals surface area contributed by atoms with E-state index < -0.39 is 17.5 Å². The van der Waals surface area contributed by atoms with Gasteiger partial charge >= 0.3 is 5.97 Å². The molecule has 0 aromatic heterocycles. The molecule has 20 heavy (non-hydrogen) atoms. The van der Waals surface area contributed by atoms with E-state index >= 15 is 0 Å². The Morgan fingerprint density at radius 1 is 1.45 bits per heavy atom. The van der Waals surface area contributed by atoms with Crippen LogP contribution in [0.25, 0.3) is 0 Å². The zero-order valence-corrected chi connectivity index (χ0v) is 13.5. The number of hydrogen-bond acceptors (Lipinski definition) is 3. The molecule has 2 unspecified atom stereocenters. The molecule has 5 heteroatoms. The third-order valence-electron chi connectivity index (χ3n) is 3.49. The third kappa shape index (κ3) is 3.87. The number of ether oxygens (including phenoxy) is 1. The molecule has 1 rings (SSSR count). The second-order valence-electron chi connectivity index (χ2n) is 4.99. The van der Waals surface area contributed by atoms with Crippen LogP contribution in [0.4, 0.5) is 0 Å². The lowest BCUT2D eigenvalue weighted by Gasteiger charge is -2.32. The molecule has 0 aliphatic rings. The van der Waals surface area contributed by atoms with Crippen LogP contribution in [0, 0.1) is 5.92 Å². The van der Waals surface area contributed by atoms with Gasteiger partial charge in [-0.2, -0.15) is 0 Å². The third-order valence-corrected chi connectivity index (χ3v) is 4.03. The van der Waals surface area contributed by atoms with Gasteiger partial charge in [-0.1, -0.05) is 49.0 Å². The van der Waals surface area contributed by atoms with Crippen LogP contribution in [-0.2, 0) is 15.1 Å². The van der Waals surface area contributed by atoms with E-state index in [9.17, 15) is 9.90 Å². The van der Waals surface area contributed by atoms with Crippen molar-refractivity contribution in [2.45, 2.75) is 38.7 Å². The molecule has 112 valence electrons. The second kappa shape index (κ2) is 7.30. The van der Waals surface area contributed by atoms with E-state index in [1.54, 1.807) is 25.1 Å². The number of esters is 1. The first-order valence-electron chi connectivity index (χ1n) is 6.60. The zero-order chi connectivity index (χ0) is 15.3. The normalized spacial score (nSPS) is 15.5. The van der Waals surface area contributed by atoms with Crippen molar-refractivity contribution >= 4 is 29.2 Å². The molecule has 0 aliphatic heterocycles. The fourth-order valence-corrected chi connectivity index (χ4v) is 2.87. The summed E-state index contributed by atoms with van der Waals surface area (Å²) in [5.74, 6) is -1.10. The summed E-state index contributed by atoms with van der Waals surface area (Å²) in [4.78, 5) is 12.0. The molecule has 1 N–H and O–H groups in total. The van der Waals surface area contributed by atoms with Gasteiger partial charge in [0, 0.05) is 15.6 Å². The van der Waals surface area contributed by atoms with Crippen LogP contribution in [-0.4, -0.2) is 18.2 Å². The summed E-state index contributed by atoms with van der Waals surface area (Å²) in [6.45, 7) is 3.61. The number of methoxy groups -OCH3 is 1. The molecule has 1 aromatic carbocycles. The Morgan fingerprint density at radius 3 is 2.60 bits per heavy atom. The summed E-state index contributed by atoms with van der Waals surface area (Å²) in [6.07, 6.45) is 2.29. The number of carbonyl (C=O) groups is 1. The van der Waals surface area contributed by atoms with Crippen LogP contribution in [0.5, 0.6) is 0 Å². The Balaban J connectivity index is 3.16. The minimum Gasteiger partial charge on any atom is -0.469 e. The number of benzene rings is 1. The standard InChI is InChI=1S/C15H20Cl2O3/c1-4-5-6-12(14(18)20-3)15(2,19)11-8-7-10(16)9-13(11)17/h7-9,12,19H,4-6H2,1-3H3. The maximum Gasteiger partial charge on any atom is 0.311 e. The van der Waals surface area contributed by atoms with Gasteiger partial charge in [-0.25, -0.2) is 0 Å². The topological polar surface area (TPSA) is 46.5 Å². The van der Waals surface area contributed by atoms with Gasteiger partial charge in [0.05, 0.1) is 13.0 Å². The van der Waals surface area contributed by atoms with E-state index in [0.29, 0.717) is 22.0 Å². The summed E-state index contributed by atoms with van der Waals surface area (Å²) < 4.78 is 4.81. The number of rotatable bonds is 6. The van der Waals surface area contributed by atoms with E-state index in [0.717, 1.165) is 12.8 Å². The molecule has 2 atom stereocenters. The van der Waals surface area contributed by atoms with E-state index in [1.165, 1.54) is 7.11 Å². The molecular formula is C15H20Cl2O3. The molecule has 0 saturated carbocycles. The van der Waals surface area contributed by atoms with Gasteiger partial charge in [0.25, 0.3) is 0 Å². The molecule has 0 fully saturated rings. The monoisotopic (exact) mass is 318 g/mol. The number of halogens is 2. The van der Waals surface area contributed by atoms with E-state index in [-0.39, 0.29) is 0 Å². The van der Waals surface area contributed by atoms with Crippen molar-refractivity contribution in [3.63, 3.8) is 0 Å². The van der Waals surface area contributed by atoms with Crippen LogP contribution in [0.1, 0.15) is 38.7 Å². The summed E-state index contributed by atoms with van der Waals surface area (Å²) in [5, 5.41) is 11.6. The highest BCUT2D eigenvalue weighted by Gasteiger charge is 2.40. The maximum atomic E-state index is 12.0. The highest BCUT2D eigenvalue weighted by atomic mass is 35.5. The van der Waals surface area contributed by atoms with Crippen molar-refractivity contribution in [2.75, 3.05) is 7.11 Å². The SMILES string of the molecule is CCCCC(C(=O)OC)C(C)(O)c1ccc(Cl)cc1Cl. The van der Waals surface area contributed by atoms with Gasteiger partial charge in [0.2, 0.25) is 0 Å². The van der Waals surface area contributed by atoms with Crippen LogP contribution in [0.3, 0.4) is 0 Å². The first kappa shape index (κ1) is 17.3. The summed E-state index contributed by atoms with van der Waals surface area (Å²) in [7, 11) is 1.32. The van der Waals surface area contributed by atoms with Gasteiger partial charge in [-0.15, -0.1) is 0 Å². The lowest BCUT2D eigenvalue weighted by atomic mass is 9.80. The lowest BCUT2D eigenvalue weighted by Crippen LogP contribution is -2.38. The quantitative estimate of drug-likeness (QED) is 0.800. The summed E-state index contributed by atoms with van der Waals surface area (Å²) in [5.41, 5.74) is -0.917. The Morgan fingerprint density at radius 2 is 2.10 bits per heavy atom. The molecule has 0 radical (unpaired) electrons. The molecule has 0 spiro atoms. The predicted molar refractivity (Wildman–Crippen MR) is 81.1 cm³/mol. The van der Waals surface area contributed by atoms with Gasteiger partial charge in [0.1, 0.15) is 5.60 Å². The number of carbonyl (C=O) groups excluding carboxylic acids is 1. The molecule has 0 saturated heterocycles. The number of unbranched alkanes of at least 4 members (excludes halogenated alkanes) is 1. The van der Waals surface area contributed by atoms with E-state index in [1.807, 2.05) is 6.92 Å². The van der Waals surface area contributed by atoms with Crippen LogP contribution in [0.15, 0.2) is 18.2 Å². The van der Waals surface area contributed by atoms with Crippen molar-refractivity contribution in [1.29, 1.82) is 0 Å². The Kier molecular flexibility index (Phi) is 6.31. The summed E-state index contributed by atoms with van der Waals surface area (Å²) in [6, 6.07) is 4.85. The smallest absolute Gasteiger partial charge is 0.311 e. The Bertz CT molecular complexity index is 472. The minimum atomic E-state index is -1.40.